The highest BCUT2D eigenvalue weighted by Crippen LogP contribution is 2.40. The predicted molar refractivity (Wildman–Crippen MR) is 146 cm³/mol. The van der Waals surface area contributed by atoms with Gasteiger partial charge in [-0.2, -0.15) is 4.98 Å². The summed E-state index contributed by atoms with van der Waals surface area (Å²) in [4.78, 5) is 77.2. The minimum absolute atomic E-state index is 0.0449. The molecule has 4 aromatic heterocycles. The summed E-state index contributed by atoms with van der Waals surface area (Å²) in [5, 5.41) is 49.6. The highest BCUT2D eigenvalue weighted by atomic mass is 31.2. The molecule has 0 radical (unpaired) electrons. The van der Waals surface area contributed by atoms with Gasteiger partial charge in [-0.25, -0.2) is 28.9 Å². The van der Waals surface area contributed by atoms with Crippen LogP contribution >= 0.6 is 15.6 Å². The number of aromatic nitrogens is 8. The summed E-state index contributed by atoms with van der Waals surface area (Å²) in [5.74, 6) is -0.358. The van der Waals surface area contributed by atoms with Gasteiger partial charge in [-0.1, -0.05) is 0 Å². The van der Waals surface area contributed by atoms with Crippen LogP contribution < -0.4 is 11.2 Å². The Morgan fingerprint density at radius 2 is 1.26 bits per heavy atom. The number of aromatic hydroxyl groups is 1. The lowest BCUT2D eigenvalue weighted by molar-refractivity contribution is -0.0504. The molecule has 0 bridgehead atoms. The van der Waals surface area contributed by atoms with Crippen molar-refractivity contribution in [3.8, 4) is 5.88 Å². The van der Waals surface area contributed by atoms with Crippen LogP contribution in [0.5, 0.6) is 5.88 Å². The van der Waals surface area contributed by atoms with Crippen molar-refractivity contribution in [2.75, 3.05) is 13.2 Å². The number of nitrogens with one attached hydrogen (secondary N) is 2. The molecule has 25 nitrogen and oxygen atoms in total. The van der Waals surface area contributed by atoms with Gasteiger partial charge in [0.05, 0.1) is 25.9 Å². The molecule has 0 spiro atoms. The number of hydrogen-bond acceptors (Lipinski definition) is 17. The molecule has 0 aliphatic carbocycles. The topological polar surface area (TPSA) is 380 Å². The lowest BCUT2D eigenvalue weighted by Crippen LogP contribution is -2.33. The van der Waals surface area contributed by atoms with Gasteiger partial charge >= 0.3 is 21.3 Å². The van der Waals surface area contributed by atoms with E-state index in [0.717, 1.165) is 17.2 Å². The van der Waals surface area contributed by atoms with Crippen LogP contribution in [0.3, 0.4) is 0 Å². The Hall–Kier alpha value is -3.52. The molecule has 2 saturated heterocycles. The number of phosphoric acid groups is 2. The lowest BCUT2D eigenvalue weighted by Gasteiger charge is -2.16. The second-order valence-electron chi connectivity index (χ2n) is 9.94. The molecule has 0 unspecified atom stereocenters. The van der Waals surface area contributed by atoms with Crippen LogP contribution in [-0.2, 0) is 27.7 Å². The van der Waals surface area contributed by atoms with Gasteiger partial charge in [0, 0.05) is 0 Å². The molecule has 0 saturated carbocycles. The van der Waals surface area contributed by atoms with Crippen LogP contribution in [-0.4, -0.2) is 134 Å². The van der Waals surface area contributed by atoms with E-state index >= 15 is 0 Å². The first-order chi connectivity index (χ1) is 21.9. The van der Waals surface area contributed by atoms with Crippen molar-refractivity contribution in [1.82, 2.24) is 39.0 Å². The molecule has 2 aliphatic rings. The molecule has 2 fully saturated rings. The molecule has 27 heteroatoms. The van der Waals surface area contributed by atoms with Crippen LogP contribution in [0.1, 0.15) is 12.5 Å². The maximum Gasteiger partial charge on any atom is 0.469 e. The van der Waals surface area contributed by atoms with E-state index in [1.54, 1.807) is 0 Å². The van der Waals surface area contributed by atoms with Crippen molar-refractivity contribution in [2.45, 2.75) is 49.1 Å². The Morgan fingerprint density at radius 1 is 0.745 bits per heavy atom. The minimum atomic E-state index is -4.78. The van der Waals surface area contributed by atoms with Crippen molar-refractivity contribution in [3.63, 3.8) is 0 Å². The quantitative estimate of drug-likeness (QED) is 0.0765. The van der Waals surface area contributed by atoms with E-state index in [0.29, 0.717) is 0 Å². The van der Waals surface area contributed by atoms with E-state index in [2.05, 4.69) is 34.0 Å². The lowest BCUT2D eigenvalue weighted by atomic mass is 10.1. The number of aromatic amines is 2. The van der Waals surface area contributed by atoms with E-state index in [-0.39, 0.29) is 28.2 Å². The third-order valence-corrected chi connectivity index (χ3v) is 7.81. The summed E-state index contributed by atoms with van der Waals surface area (Å²) in [6, 6.07) is 0. The number of aliphatic hydroxyl groups is 4. The van der Waals surface area contributed by atoms with Crippen molar-refractivity contribution in [2.24, 2.45) is 0 Å². The van der Waals surface area contributed by atoms with Crippen LogP contribution in [0.25, 0.3) is 22.3 Å². The first-order valence-corrected chi connectivity index (χ1v) is 16.0. The molecular formula is C20H26N8O17P2. The van der Waals surface area contributed by atoms with Gasteiger partial charge < -0.3 is 54.6 Å². The fourth-order valence-corrected chi connectivity index (χ4v) is 5.39. The summed E-state index contributed by atoms with van der Waals surface area (Å²) in [7, 11) is -9.52. The van der Waals surface area contributed by atoms with Crippen molar-refractivity contribution in [1.29, 1.82) is 0 Å². The predicted octanol–water partition coefficient (Wildman–Crippen LogP) is -4.60. The zero-order valence-corrected chi connectivity index (χ0v) is 24.9. The first-order valence-electron chi connectivity index (χ1n) is 12.9. The second-order valence-corrected chi connectivity index (χ2v) is 12.4. The van der Waals surface area contributed by atoms with E-state index in [9.17, 15) is 44.3 Å². The molecule has 8 atom stereocenters. The molecule has 6 rings (SSSR count). The number of nitrogens with zero attached hydrogens (tertiary/aromatic N) is 6. The third-order valence-electron chi connectivity index (χ3n) is 6.84. The van der Waals surface area contributed by atoms with Gasteiger partial charge in [-0.05, 0) is 0 Å². The number of imidazole rings is 2. The van der Waals surface area contributed by atoms with Crippen LogP contribution in [0.4, 0.5) is 0 Å². The zero-order chi connectivity index (χ0) is 34.4. The molecule has 2 aliphatic heterocycles. The largest absolute Gasteiger partial charge is 0.492 e. The number of ether oxygens (including phenoxy) is 2. The van der Waals surface area contributed by atoms with Gasteiger partial charge in [-0.15, -0.1) is 0 Å². The van der Waals surface area contributed by atoms with Gasteiger partial charge in [0.25, 0.3) is 5.56 Å². The van der Waals surface area contributed by atoms with Crippen LogP contribution in [0.15, 0.2) is 28.6 Å². The Morgan fingerprint density at radius 3 is 1.81 bits per heavy atom. The average molecular weight is 712 g/mol. The SMILES string of the molecule is O=P(O)(O)OC[C@H]1O[C@@H](n2cnc3c(O)ncnc32)[C@H](O)[C@@H]1O.O=c1[nH]c(=O)c2ncn([C@@H]3O[C@H](COP(=O)(O)O)[C@@H](O)[C@H]3O)c2[nH]1. The standard InChI is InChI=1S/C10H13N4O9P.C10H13N4O8P/c15-5-3(1-22-24(19,20)21)23-9(6(5)16)14-2-11-4-7(14)12-10(18)13-8(4)17;15-6-4(1-21-23(18,19)20)22-10(7(6)16)14-3-13-5-8(14)11-2-12-9(5)17/h2-3,5-6,9,15-16H,1H2,(H2,19,20,21)(H2,12,13,17,18);2-4,6-7,10,15-16H,1H2,(H,11,12,17)(H2,18,19,20)/t3-,5-,6-,9-;4-,6-,7-,10-/m11/s1. The Labute approximate surface area is 258 Å². The Bertz CT molecular complexity index is 1950. The van der Waals surface area contributed by atoms with Gasteiger partial charge in [0.2, 0.25) is 5.88 Å². The highest BCUT2D eigenvalue weighted by molar-refractivity contribution is 7.46. The maximum absolute atomic E-state index is 11.6. The Balaban J connectivity index is 0.000000185. The Kier molecular flexibility index (Phi) is 9.76. The fourth-order valence-electron chi connectivity index (χ4n) is 4.71. The van der Waals surface area contributed by atoms with Crippen molar-refractivity contribution >= 4 is 38.0 Å². The molecular weight excluding hydrogens is 686 g/mol. The number of phosphoric ester groups is 2. The van der Waals surface area contributed by atoms with Gasteiger partial charge in [-0.3, -0.25) is 32.9 Å². The van der Waals surface area contributed by atoms with Gasteiger partial charge in [0.1, 0.15) is 48.6 Å². The normalized spacial score (nSPS) is 28.2. The molecule has 47 heavy (non-hydrogen) atoms. The first kappa shape index (κ1) is 34.8. The molecule has 258 valence electrons. The van der Waals surface area contributed by atoms with Gasteiger partial charge in [0.15, 0.2) is 29.1 Å². The summed E-state index contributed by atoms with van der Waals surface area (Å²) >= 11 is 0. The summed E-state index contributed by atoms with van der Waals surface area (Å²) in [6.07, 6.45) is -7.28. The third kappa shape index (κ3) is 7.48. The van der Waals surface area contributed by atoms with Crippen molar-refractivity contribution < 1.29 is 72.8 Å². The molecule has 11 N–H and O–H groups in total. The smallest absolute Gasteiger partial charge is 0.469 e. The van der Waals surface area contributed by atoms with E-state index in [1.165, 1.54) is 10.9 Å². The van der Waals surface area contributed by atoms with Crippen LogP contribution in [0.2, 0.25) is 0 Å². The molecule has 4 aromatic rings. The second kappa shape index (κ2) is 13.2. The van der Waals surface area contributed by atoms with Crippen molar-refractivity contribution in [3.05, 3.63) is 39.8 Å². The molecule has 6 heterocycles. The van der Waals surface area contributed by atoms with Crippen LogP contribution in [0, 0.1) is 0 Å². The number of fused-ring (bicyclic) bond motifs is 2. The summed E-state index contributed by atoms with van der Waals surface area (Å²) < 4.78 is 43.1. The molecule has 0 amide bonds. The van der Waals surface area contributed by atoms with E-state index in [1.807, 2.05) is 4.98 Å². The number of H-pyrrole nitrogens is 2. The minimum Gasteiger partial charge on any atom is -0.492 e. The monoisotopic (exact) mass is 712 g/mol. The van der Waals surface area contributed by atoms with E-state index in [4.69, 9.17) is 29.0 Å². The summed E-state index contributed by atoms with van der Waals surface area (Å²) in [6.45, 7) is -1.30. The molecule has 0 aromatic carbocycles. The number of rotatable bonds is 8. The number of hydrogen-bond donors (Lipinski definition) is 11. The highest BCUT2D eigenvalue weighted by Gasteiger charge is 2.46. The maximum atomic E-state index is 11.6. The fraction of sp³-hybridized carbons (Fsp3) is 0.500. The number of aliphatic hydroxyl groups excluding tert-OH is 4. The zero-order valence-electron chi connectivity index (χ0n) is 23.1. The summed E-state index contributed by atoms with van der Waals surface area (Å²) in [5.41, 5.74) is -1.48. The average Bonchev–Trinajstić information content (AvgIpc) is 3.73. The van der Waals surface area contributed by atoms with E-state index < -0.39 is 89.2 Å².